The lowest BCUT2D eigenvalue weighted by molar-refractivity contribution is -0.116. The van der Waals surface area contributed by atoms with Crippen LogP contribution in [0.15, 0.2) is 42.6 Å². The standard InChI is InChI=1S/C17H17N5OS/c1-11-3-6-13(7-4-11)16-20-21-17(24)22(16)10-15(23)19-14-8-5-12(2)9-18-14/h3-9H,10H2,1-2H3,(H,21,24)(H,18,19,23). The fraction of sp³-hybridized carbons (Fsp3) is 0.176. The first-order valence-corrected chi connectivity index (χ1v) is 7.88. The Bertz CT molecular complexity index is 909. The Balaban J connectivity index is 1.81. The van der Waals surface area contributed by atoms with Crippen LogP contribution in [0.1, 0.15) is 11.1 Å². The zero-order valence-electron chi connectivity index (χ0n) is 13.4. The Hall–Kier alpha value is -2.80. The van der Waals surface area contributed by atoms with E-state index in [0.717, 1.165) is 16.7 Å². The lowest BCUT2D eigenvalue weighted by Crippen LogP contribution is -2.20. The molecule has 0 aliphatic carbocycles. The van der Waals surface area contributed by atoms with Crippen LogP contribution in [-0.4, -0.2) is 25.7 Å². The van der Waals surface area contributed by atoms with Gasteiger partial charge in [-0.1, -0.05) is 35.9 Å². The van der Waals surface area contributed by atoms with Crippen LogP contribution in [0.4, 0.5) is 5.82 Å². The number of anilines is 1. The van der Waals surface area contributed by atoms with Crippen LogP contribution in [0.25, 0.3) is 11.4 Å². The van der Waals surface area contributed by atoms with Gasteiger partial charge in [0.25, 0.3) is 0 Å². The van der Waals surface area contributed by atoms with Crippen molar-refractivity contribution in [1.82, 2.24) is 19.7 Å². The van der Waals surface area contributed by atoms with Crippen molar-refractivity contribution in [3.05, 3.63) is 58.5 Å². The molecule has 0 aliphatic rings. The van der Waals surface area contributed by atoms with Gasteiger partial charge >= 0.3 is 0 Å². The van der Waals surface area contributed by atoms with Crippen molar-refractivity contribution in [2.45, 2.75) is 20.4 Å². The Labute approximate surface area is 144 Å². The summed E-state index contributed by atoms with van der Waals surface area (Å²) >= 11 is 5.25. The van der Waals surface area contributed by atoms with Gasteiger partial charge < -0.3 is 5.32 Å². The second kappa shape index (κ2) is 6.76. The van der Waals surface area contributed by atoms with Gasteiger partial charge in [0.05, 0.1) is 0 Å². The third-order valence-corrected chi connectivity index (χ3v) is 3.86. The van der Waals surface area contributed by atoms with Gasteiger partial charge in [-0.15, -0.1) is 0 Å². The number of aromatic amines is 1. The average Bonchev–Trinajstić information content (AvgIpc) is 2.91. The van der Waals surface area contributed by atoms with Crippen molar-refractivity contribution in [3.63, 3.8) is 0 Å². The van der Waals surface area contributed by atoms with Crippen LogP contribution < -0.4 is 5.32 Å². The first-order chi connectivity index (χ1) is 11.5. The first-order valence-electron chi connectivity index (χ1n) is 7.47. The lowest BCUT2D eigenvalue weighted by atomic mass is 10.1. The van der Waals surface area contributed by atoms with Gasteiger partial charge in [0.1, 0.15) is 12.4 Å². The third kappa shape index (κ3) is 3.57. The van der Waals surface area contributed by atoms with E-state index in [1.165, 1.54) is 0 Å². The Kier molecular flexibility index (Phi) is 4.52. The highest BCUT2D eigenvalue weighted by Gasteiger charge is 2.12. The second-order valence-electron chi connectivity index (χ2n) is 5.57. The maximum Gasteiger partial charge on any atom is 0.245 e. The summed E-state index contributed by atoms with van der Waals surface area (Å²) in [5.41, 5.74) is 3.09. The number of carbonyl (C=O) groups is 1. The molecule has 2 aromatic heterocycles. The van der Waals surface area contributed by atoms with Crippen molar-refractivity contribution in [2.24, 2.45) is 0 Å². The van der Waals surface area contributed by atoms with E-state index in [1.54, 1.807) is 16.8 Å². The van der Waals surface area contributed by atoms with Crippen molar-refractivity contribution in [3.8, 4) is 11.4 Å². The quantitative estimate of drug-likeness (QED) is 0.716. The minimum absolute atomic E-state index is 0.0636. The van der Waals surface area contributed by atoms with Crippen LogP contribution in [0, 0.1) is 18.6 Å². The molecule has 1 aromatic carbocycles. The van der Waals surface area contributed by atoms with E-state index in [0.29, 0.717) is 16.4 Å². The van der Waals surface area contributed by atoms with Crippen LogP contribution in [0.2, 0.25) is 0 Å². The first kappa shape index (κ1) is 16.1. The number of amides is 1. The molecular weight excluding hydrogens is 322 g/mol. The summed E-state index contributed by atoms with van der Waals surface area (Å²) in [4.78, 5) is 16.5. The summed E-state index contributed by atoms with van der Waals surface area (Å²) in [6, 6.07) is 11.6. The van der Waals surface area contributed by atoms with Crippen LogP contribution in [0.3, 0.4) is 0 Å². The zero-order valence-corrected chi connectivity index (χ0v) is 14.2. The molecule has 0 saturated carbocycles. The molecule has 6 nitrogen and oxygen atoms in total. The second-order valence-corrected chi connectivity index (χ2v) is 5.96. The number of aryl methyl sites for hydroxylation is 2. The van der Waals surface area contributed by atoms with Crippen molar-refractivity contribution in [1.29, 1.82) is 0 Å². The molecule has 0 aliphatic heterocycles. The van der Waals surface area contributed by atoms with Gasteiger partial charge in [0, 0.05) is 11.8 Å². The summed E-state index contributed by atoms with van der Waals surface area (Å²) in [5, 5.41) is 9.75. The lowest BCUT2D eigenvalue weighted by Gasteiger charge is -2.08. The van der Waals surface area contributed by atoms with Gasteiger partial charge in [-0.3, -0.25) is 14.5 Å². The zero-order chi connectivity index (χ0) is 17.1. The van der Waals surface area contributed by atoms with E-state index >= 15 is 0 Å². The molecule has 0 saturated heterocycles. The number of hydrogen-bond acceptors (Lipinski definition) is 4. The number of nitrogens with one attached hydrogen (secondary N) is 2. The molecule has 0 spiro atoms. The van der Waals surface area contributed by atoms with E-state index < -0.39 is 0 Å². The molecule has 0 unspecified atom stereocenters. The fourth-order valence-electron chi connectivity index (χ4n) is 2.26. The molecule has 0 fully saturated rings. The summed E-state index contributed by atoms with van der Waals surface area (Å²) in [6.45, 7) is 4.02. The highest BCUT2D eigenvalue weighted by molar-refractivity contribution is 7.71. The third-order valence-electron chi connectivity index (χ3n) is 3.55. The van der Waals surface area contributed by atoms with Crippen molar-refractivity contribution in [2.75, 3.05) is 5.32 Å². The highest BCUT2D eigenvalue weighted by Crippen LogP contribution is 2.18. The molecule has 0 radical (unpaired) electrons. The predicted molar refractivity (Wildman–Crippen MR) is 95.2 cm³/mol. The van der Waals surface area contributed by atoms with Crippen molar-refractivity contribution >= 4 is 23.9 Å². The van der Waals surface area contributed by atoms with Gasteiger partial charge in [-0.25, -0.2) is 4.98 Å². The smallest absolute Gasteiger partial charge is 0.245 e. The largest absolute Gasteiger partial charge is 0.309 e. The monoisotopic (exact) mass is 339 g/mol. The maximum absolute atomic E-state index is 12.3. The number of benzene rings is 1. The molecule has 0 atom stereocenters. The predicted octanol–water partition coefficient (Wildman–Crippen LogP) is 3.26. The van der Waals surface area contributed by atoms with E-state index in [9.17, 15) is 4.79 Å². The number of rotatable bonds is 4. The molecule has 3 aromatic rings. The topological polar surface area (TPSA) is 75.6 Å². The number of H-pyrrole nitrogens is 1. The summed E-state index contributed by atoms with van der Waals surface area (Å²) in [6.07, 6.45) is 1.71. The molecule has 122 valence electrons. The molecule has 7 heteroatoms. The van der Waals surface area contributed by atoms with Crippen LogP contribution in [0.5, 0.6) is 0 Å². The number of hydrogen-bond donors (Lipinski definition) is 2. The van der Waals surface area contributed by atoms with Gasteiger partial charge in [-0.05, 0) is 37.7 Å². The molecule has 2 heterocycles. The Morgan fingerprint density at radius 2 is 1.88 bits per heavy atom. The van der Waals surface area contributed by atoms with Gasteiger partial charge in [0.2, 0.25) is 5.91 Å². The van der Waals surface area contributed by atoms with Gasteiger partial charge in [0.15, 0.2) is 10.6 Å². The van der Waals surface area contributed by atoms with Crippen LogP contribution >= 0.6 is 12.2 Å². The van der Waals surface area contributed by atoms with Crippen LogP contribution in [-0.2, 0) is 11.3 Å². The SMILES string of the molecule is Cc1ccc(-c2n[nH]c(=S)n2CC(=O)Nc2ccc(C)cn2)cc1. The highest BCUT2D eigenvalue weighted by atomic mass is 32.1. The Morgan fingerprint density at radius 1 is 1.17 bits per heavy atom. The van der Waals surface area contributed by atoms with Gasteiger partial charge in [-0.2, -0.15) is 5.10 Å². The molecule has 3 rings (SSSR count). The number of nitrogens with zero attached hydrogens (tertiary/aromatic N) is 3. The minimum atomic E-state index is -0.211. The Morgan fingerprint density at radius 3 is 2.54 bits per heavy atom. The molecule has 0 bridgehead atoms. The summed E-state index contributed by atoms with van der Waals surface area (Å²) < 4.78 is 2.07. The molecule has 1 amide bonds. The molecular formula is C17H17N5OS. The van der Waals surface area contributed by atoms with E-state index in [4.69, 9.17) is 12.2 Å². The van der Waals surface area contributed by atoms with E-state index in [2.05, 4.69) is 20.5 Å². The molecule has 24 heavy (non-hydrogen) atoms. The van der Waals surface area contributed by atoms with E-state index in [-0.39, 0.29) is 12.5 Å². The summed E-state index contributed by atoms with van der Waals surface area (Å²) in [7, 11) is 0. The average molecular weight is 339 g/mol. The van der Waals surface area contributed by atoms with Crippen molar-refractivity contribution < 1.29 is 4.79 Å². The number of pyridine rings is 1. The maximum atomic E-state index is 12.3. The number of carbonyl (C=O) groups excluding carboxylic acids is 1. The minimum Gasteiger partial charge on any atom is -0.309 e. The summed E-state index contributed by atoms with van der Waals surface area (Å²) in [5.74, 6) is 0.932. The normalized spacial score (nSPS) is 10.6. The molecule has 2 N–H and O–H groups in total. The van der Waals surface area contributed by atoms with E-state index in [1.807, 2.05) is 44.2 Å². The number of aromatic nitrogens is 4. The fourth-order valence-corrected chi connectivity index (χ4v) is 2.45.